The second-order valence-electron chi connectivity index (χ2n) is 3.98. The Morgan fingerprint density at radius 3 is 2.78 bits per heavy atom. The van der Waals surface area contributed by atoms with Crippen LogP contribution in [0.2, 0.25) is 0 Å². The standard InChI is InChI=1S/C12H17BrN2O3/c1-2-14(6-3-7-16)9-10-4-5-11(13)8-12(10)15(17)18/h4-5,8,16H,2-3,6-7,9H2,1H3. The van der Waals surface area contributed by atoms with E-state index in [1.54, 1.807) is 6.07 Å². The summed E-state index contributed by atoms with van der Waals surface area (Å²) >= 11 is 3.24. The van der Waals surface area contributed by atoms with Crippen LogP contribution in [0, 0.1) is 10.1 Å². The van der Waals surface area contributed by atoms with E-state index in [9.17, 15) is 10.1 Å². The predicted molar refractivity (Wildman–Crippen MR) is 73.5 cm³/mol. The Morgan fingerprint density at radius 2 is 2.22 bits per heavy atom. The third-order valence-corrected chi connectivity index (χ3v) is 3.21. The lowest BCUT2D eigenvalue weighted by molar-refractivity contribution is -0.385. The fraction of sp³-hybridized carbons (Fsp3) is 0.500. The molecular weight excluding hydrogens is 300 g/mol. The predicted octanol–water partition coefficient (Wildman–Crippen LogP) is 2.56. The number of nitro benzene ring substituents is 1. The van der Waals surface area contributed by atoms with Gasteiger partial charge in [-0.1, -0.05) is 22.9 Å². The Morgan fingerprint density at radius 1 is 1.50 bits per heavy atom. The number of nitrogens with zero attached hydrogens (tertiary/aromatic N) is 2. The van der Waals surface area contributed by atoms with E-state index in [2.05, 4.69) is 20.8 Å². The maximum atomic E-state index is 11.0. The molecule has 0 heterocycles. The number of hydrogen-bond donors (Lipinski definition) is 1. The van der Waals surface area contributed by atoms with Crippen molar-refractivity contribution in [3.05, 3.63) is 38.3 Å². The summed E-state index contributed by atoms with van der Waals surface area (Å²) in [5, 5.41) is 19.8. The SMILES string of the molecule is CCN(CCCO)Cc1ccc(Br)cc1[N+](=O)[O-]. The molecular formula is C12H17BrN2O3. The molecule has 5 nitrogen and oxygen atoms in total. The topological polar surface area (TPSA) is 66.6 Å². The molecule has 0 bridgehead atoms. The van der Waals surface area contributed by atoms with Crippen LogP contribution in [0.15, 0.2) is 22.7 Å². The summed E-state index contributed by atoms with van der Waals surface area (Å²) in [6.45, 7) is 4.20. The van der Waals surface area contributed by atoms with Crippen LogP contribution >= 0.6 is 15.9 Å². The van der Waals surface area contributed by atoms with Gasteiger partial charge in [0, 0.05) is 35.8 Å². The zero-order valence-electron chi connectivity index (χ0n) is 10.3. The van der Waals surface area contributed by atoms with E-state index in [0.717, 1.165) is 13.1 Å². The van der Waals surface area contributed by atoms with E-state index in [1.165, 1.54) is 6.07 Å². The highest BCUT2D eigenvalue weighted by atomic mass is 79.9. The fourth-order valence-electron chi connectivity index (χ4n) is 1.72. The molecule has 0 atom stereocenters. The second-order valence-corrected chi connectivity index (χ2v) is 4.89. The van der Waals surface area contributed by atoms with E-state index < -0.39 is 0 Å². The van der Waals surface area contributed by atoms with Gasteiger partial charge in [0.2, 0.25) is 0 Å². The summed E-state index contributed by atoms with van der Waals surface area (Å²) in [5.74, 6) is 0. The largest absolute Gasteiger partial charge is 0.396 e. The van der Waals surface area contributed by atoms with Gasteiger partial charge in [-0.15, -0.1) is 0 Å². The maximum absolute atomic E-state index is 11.0. The summed E-state index contributed by atoms with van der Waals surface area (Å²) in [4.78, 5) is 12.7. The van der Waals surface area contributed by atoms with E-state index in [4.69, 9.17) is 5.11 Å². The van der Waals surface area contributed by atoms with Crippen molar-refractivity contribution >= 4 is 21.6 Å². The molecule has 6 heteroatoms. The van der Waals surface area contributed by atoms with Crippen LogP contribution in [-0.4, -0.2) is 34.6 Å². The summed E-state index contributed by atoms with van der Waals surface area (Å²) in [6, 6.07) is 5.10. The molecule has 1 aromatic carbocycles. The summed E-state index contributed by atoms with van der Waals surface area (Å²) in [5.41, 5.74) is 0.829. The number of hydrogen-bond acceptors (Lipinski definition) is 4. The van der Waals surface area contributed by atoms with Crippen molar-refractivity contribution in [1.29, 1.82) is 0 Å². The first-order valence-corrected chi connectivity index (χ1v) is 6.63. The number of nitro groups is 1. The molecule has 0 aliphatic heterocycles. The van der Waals surface area contributed by atoms with Crippen molar-refractivity contribution in [2.45, 2.75) is 19.9 Å². The summed E-state index contributed by atoms with van der Waals surface area (Å²) in [6.07, 6.45) is 0.679. The Hall–Kier alpha value is -0.980. The van der Waals surface area contributed by atoms with Crippen molar-refractivity contribution in [2.24, 2.45) is 0 Å². The van der Waals surface area contributed by atoms with Crippen molar-refractivity contribution in [2.75, 3.05) is 19.7 Å². The Labute approximate surface area is 115 Å². The molecule has 0 saturated heterocycles. The molecule has 0 amide bonds. The van der Waals surface area contributed by atoms with Crippen molar-refractivity contribution in [3.8, 4) is 0 Å². The molecule has 1 N–H and O–H groups in total. The minimum absolute atomic E-state index is 0.131. The van der Waals surface area contributed by atoms with Gasteiger partial charge in [-0.05, 0) is 25.1 Å². The van der Waals surface area contributed by atoms with Crippen LogP contribution in [0.25, 0.3) is 0 Å². The Kier molecular flexibility index (Phi) is 6.24. The Bertz CT molecular complexity index is 412. The van der Waals surface area contributed by atoms with Gasteiger partial charge in [0.15, 0.2) is 0 Å². The first-order chi connectivity index (χ1) is 8.58. The smallest absolute Gasteiger partial charge is 0.275 e. The number of aliphatic hydroxyl groups is 1. The van der Waals surface area contributed by atoms with Gasteiger partial charge >= 0.3 is 0 Å². The van der Waals surface area contributed by atoms with Crippen molar-refractivity contribution in [3.63, 3.8) is 0 Å². The highest BCUT2D eigenvalue weighted by molar-refractivity contribution is 9.10. The lowest BCUT2D eigenvalue weighted by Gasteiger charge is -2.19. The first-order valence-electron chi connectivity index (χ1n) is 5.84. The van der Waals surface area contributed by atoms with Gasteiger partial charge in [-0.3, -0.25) is 15.0 Å². The molecule has 0 saturated carbocycles. The molecule has 0 aliphatic rings. The van der Waals surface area contributed by atoms with Crippen LogP contribution in [-0.2, 0) is 6.54 Å². The average Bonchev–Trinajstić information content (AvgIpc) is 2.35. The molecule has 0 unspecified atom stereocenters. The number of aliphatic hydroxyl groups excluding tert-OH is 1. The van der Waals surface area contributed by atoms with Gasteiger partial charge in [0.1, 0.15) is 0 Å². The minimum Gasteiger partial charge on any atom is -0.396 e. The zero-order valence-corrected chi connectivity index (χ0v) is 11.9. The monoisotopic (exact) mass is 316 g/mol. The highest BCUT2D eigenvalue weighted by Crippen LogP contribution is 2.24. The number of rotatable bonds is 7. The number of halogens is 1. The zero-order chi connectivity index (χ0) is 13.5. The van der Waals surface area contributed by atoms with Crippen LogP contribution in [0.4, 0.5) is 5.69 Å². The highest BCUT2D eigenvalue weighted by Gasteiger charge is 2.16. The fourth-order valence-corrected chi connectivity index (χ4v) is 2.07. The van der Waals surface area contributed by atoms with E-state index in [1.807, 2.05) is 13.0 Å². The molecule has 1 aromatic rings. The molecule has 0 radical (unpaired) electrons. The quantitative estimate of drug-likeness (QED) is 0.620. The number of benzene rings is 1. The third kappa shape index (κ3) is 4.36. The molecule has 0 spiro atoms. The van der Waals surface area contributed by atoms with E-state index in [-0.39, 0.29) is 17.2 Å². The molecule has 0 aromatic heterocycles. The lowest BCUT2D eigenvalue weighted by atomic mass is 10.1. The van der Waals surface area contributed by atoms with Crippen LogP contribution in [0.3, 0.4) is 0 Å². The van der Waals surface area contributed by atoms with Gasteiger partial charge in [-0.2, -0.15) is 0 Å². The van der Waals surface area contributed by atoms with Crippen molar-refractivity contribution < 1.29 is 10.0 Å². The molecule has 100 valence electrons. The van der Waals surface area contributed by atoms with Crippen LogP contribution in [0.1, 0.15) is 18.9 Å². The maximum Gasteiger partial charge on any atom is 0.275 e. The molecule has 0 aliphatic carbocycles. The van der Waals surface area contributed by atoms with Crippen molar-refractivity contribution in [1.82, 2.24) is 4.90 Å². The normalized spacial score (nSPS) is 10.9. The third-order valence-electron chi connectivity index (χ3n) is 2.72. The minimum atomic E-state index is -0.361. The van der Waals surface area contributed by atoms with E-state index >= 15 is 0 Å². The molecule has 18 heavy (non-hydrogen) atoms. The molecule has 0 fully saturated rings. The average molecular weight is 317 g/mol. The van der Waals surface area contributed by atoms with Gasteiger partial charge < -0.3 is 5.11 Å². The Balaban J connectivity index is 2.84. The first kappa shape index (κ1) is 15.1. The van der Waals surface area contributed by atoms with Gasteiger partial charge in [0.25, 0.3) is 5.69 Å². The van der Waals surface area contributed by atoms with Gasteiger partial charge in [-0.25, -0.2) is 0 Å². The van der Waals surface area contributed by atoms with Crippen LogP contribution < -0.4 is 0 Å². The summed E-state index contributed by atoms with van der Waals surface area (Å²) in [7, 11) is 0. The second kappa shape index (κ2) is 7.45. The van der Waals surface area contributed by atoms with Gasteiger partial charge in [0.05, 0.1) is 4.92 Å². The van der Waals surface area contributed by atoms with Crippen LogP contribution in [0.5, 0.6) is 0 Å². The van der Waals surface area contributed by atoms with E-state index in [0.29, 0.717) is 23.0 Å². The lowest BCUT2D eigenvalue weighted by Crippen LogP contribution is -2.25. The summed E-state index contributed by atoms with van der Waals surface area (Å²) < 4.78 is 0.705. The molecule has 1 rings (SSSR count).